The highest BCUT2D eigenvalue weighted by atomic mass is 16.3. The Morgan fingerprint density at radius 3 is 2.53 bits per heavy atom. The molecule has 94 valence electrons. The Kier molecular flexibility index (Phi) is 3.43. The fourth-order valence-corrected chi connectivity index (χ4v) is 2.97. The SMILES string of the molecule is CC1CCC(N)(Cc2ccc(O)cc2)C(C)C1. The monoisotopic (exact) mass is 233 g/mol. The van der Waals surface area contributed by atoms with E-state index < -0.39 is 0 Å². The molecule has 2 heteroatoms. The van der Waals surface area contributed by atoms with E-state index in [0.717, 1.165) is 18.8 Å². The van der Waals surface area contributed by atoms with E-state index in [2.05, 4.69) is 13.8 Å². The van der Waals surface area contributed by atoms with Gasteiger partial charge in [-0.05, 0) is 55.2 Å². The van der Waals surface area contributed by atoms with Crippen molar-refractivity contribution in [2.75, 3.05) is 0 Å². The molecular formula is C15H23NO. The average molecular weight is 233 g/mol. The Bertz CT molecular complexity index is 373. The van der Waals surface area contributed by atoms with Crippen LogP contribution in [0.1, 0.15) is 38.7 Å². The fraction of sp³-hybridized carbons (Fsp3) is 0.600. The first kappa shape index (κ1) is 12.4. The first-order chi connectivity index (χ1) is 7.99. The summed E-state index contributed by atoms with van der Waals surface area (Å²) < 4.78 is 0. The maximum atomic E-state index is 9.28. The molecule has 1 aliphatic rings. The van der Waals surface area contributed by atoms with Crippen LogP contribution in [-0.4, -0.2) is 10.6 Å². The summed E-state index contributed by atoms with van der Waals surface area (Å²) in [6.45, 7) is 4.59. The normalized spacial score (nSPS) is 33.6. The molecule has 0 spiro atoms. The van der Waals surface area contributed by atoms with Gasteiger partial charge in [-0.2, -0.15) is 0 Å². The minimum absolute atomic E-state index is 0.0660. The van der Waals surface area contributed by atoms with Crippen LogP contribution in [0, 0.1) is 11.8 Å². The molecule has 2 nitrogen and oxygen atoms in total. The molecule has 0 heterocycles. The fourth-order valence-electron chi connectivity index (χ4n) is 2.97. The first-order valence-corrected chi connectivity index (χ1v) is 6.56. The molecule has 1 saturated carbocycles. The second-order valence-electron chi connectivity index (χ2n) is 5.86. The Morgan fingerprint density at radius 2 is 1.94 bits per heavy atom. The molecule has 0 saturated heterocycles. The van der Waals surface area contributed by atoms with Crippen LogP contribution in [0.2, 0.25) is 0 Å². The van der Waals surface area contributed by atoms with E-state index in [-0.39, 0.29) is 5.54 Å². The van der Waals surface area contributed by atoms with Crippen LogP contribution in [0.25, 0.3) is 0 Å². The van der Waals surface area contributed by atoms with Crippen molar-refractivity contribution in [1.82, 2.24) is 0 Å². The molecule has 3 N–H and O–H groups in total. The second kappa shape index (κ2) is 4.69. The standard InChI is InChI=1S/C15H23NO/c1-11-7-8-15(16,12(2)9-11)10-13-3-5-14(17)6-4-13/h3-6,11-12,17H,7-10,16H2,1-2H3. The molecule has 3 atom stereocenters. The van der Waals surface area contributed by atoms with Gasteiger partial charge in [-0.1, -0.05) is 26.0 Å². The maximum absolute atomic E-state index is 9.28. The molecule has 0 bridgehead atoms. The Balaban J connectivity index is 2.09. The third-order valence-corrected chi connectivity index (χ3v) is 4.31. The van der Waals surface area contributed by atoms with Gasteiger partial charge in [0.25, 0.3) is 0 Å². The lowest BCUT2D eigenvalue weighted by molar-refractivity contribution is 0.163. The van der Waals surface area contributed by atoms with Crippen LogP contribution in [0.15, 0.2) is 24.3 Å². The zero-order valence-electron chi connectivity index (χ0n) is 10.8. The van der Waals surface area contributed by atoms with Crippen molar-refractivity contribution in [2.24, 2.45) is 17.6 Å². The van der Waals surface area contributed by atoms with Crippen molar-refractivity contribution in [1.29, 1.82) is 0 Å². The van der Waals surface area contributed by atoms with E-state index in [1.807, 2.05) is 12.1 Å². The summed E-state index contributed by atoms with van der Waals surface area (Å²) in [5.41, 5.74) is 7.73. The number of phenolic OH excluding ortho intramolecular Hbond substituents is 1. The summed E-state index contributed by atoms with van der Waals surface area (Å²) in [6, 6.07) is 7.45. The van der Waals surface area contributed by atoms with E-state index in [4.69, 9.17) is 5.73 Å². The van der Waals surface area contributed by atoms with Gasteiger partial charge in [-0.3, -0.25) is 0 Å². The van der Waals surface area contributed by atoms with Gasteiger partial charge >= 0.3 is 0 Å². The topological polar surface area (TPSA) is 46.2 Å². The molecule has 17 heavy (non-hydrogen) atoms. The summed E-state index contributed by atoms with van der Waals surface area (Å²) in [4.78, 5) is 0. The lowest BCUT2D eigenvalue weighted by Gasteiger charge is -2.42. The van der Waals surface area contributed by atoms with Crippen LogP contribution in [0.5, 0.6) is 5.75 Å². The molecule has 1 fully saturated rings. The lowest BCUT2D eigenvalue weighted by atomic mass is 9.68. The molecule has 1 aromatic carbocycles. The quantitative estimate of drug-likeness (QED) is 0.824. The number of hydrogen-bond acceptors (Lipinski definition) is 2. The van der Waals surface area contributed by atoms with E-state index >= 15 is 0 Å². The van der Waals surface area contributed by atoms with Gasteiger partial charge in [0.15, 0.2) is 0 Å². The Labute approximate surface area is 104 Å². The van der Waals surface area contributed by atoms with Crippen molar-refractivity contribution >= 4 is 0 Å². The number of aromatic hydroxyl groups is 1. The number of phenols is 1. The van der Waals surface area contributed by atoms with Crippen molar-refractivity contribution in [3.8, 4) is 5.75 Å². The third-order valence-electron chi connectivity index (χ3n) is 4.31. The van der Waals surface area contributed by atoms with Crippen LogP contribution in [-0.2, 0) is 6.42 Å². The molecule has 1 aliphatic carbocycles. The average Bonchev–Trinajstić information content (AvgIpc) is 2.28. The van der Waals surface area contributed by atoms with Gasteiger partial charge < -0.3 is 10.8 Å². The maximum Gasteiger partial charge on any atom is 0.115 e. The van der Waals surface area contributed by atoms with Crippen molar-refractivity contribution in [3.63, 3.8) is 0 Å². The van der Waals surface area contributed by atoms with Crippen molar-refractivity contribution < 1.29 is 5.11 Å². The molecule has 1 aromatic rings. The van der Waals surface area contributed by atoms with E-state index in [1.165, 1.54) is 18.4 Å². The van der Waals surface area contributed by atoms with Gasteiger partial charge in [0, 0.05) is 5.54 Å². The van der Waals surface area contributed by atoms with Gasteiger partial charge in [0.1, 0.15) is 5.75 Å². The first-order valence-electron chi connectivity index (χ1n) is 6.56. The summed E-state index contributed by atoms with van der Waals surface area (Å²) in [5.74, 6) is 1.70. The number of benzene rings is 1. The molecule has 3 unspecified atom stereocenters. The predicted molar refractivity (Wildman–Crippen MR) is 70.9 cm³/mol. The van der Waals surface area contributed by atoms with Crippen LogP contribution < -0.4 is 5.73 Å². The molecule has 0 aromatic heterocycles. The molecule has 2 rings (SSSR count). The summed E-state index contributed by atoms with van der Waals surface area (Å²) in [6.07, 6.45) is 4.49. The smallest absolute Gasteiger partial charge is 0.115 e. The number of nitrogens with two attached hydrogens (primary N) is 1. The zero-order valence-corrected chi connectivity index (χ0v) is 10.8. The Hall–Kier alpha value is -1.02. The number of rotatable bonds is 2. The van der Waals surface area contributed by atoms with Gasteiger partial charge in [-0.15, -0.1) is 0 Å². The van der Waals surface area contributed by atoms with E-state index in [1.54, 1.807) is 12.1 Å². The van der Waals surface area contributed by atoms with Gasteiger partial charge in [-0.25, -0.2) is 0 Å². The molecule has 0 aliphatic heterocycles. The van der Waals surface area contributed by atoms with Crippen LogP contribution in [0.3, 0.4) is 0 Å². The highest BCUT2D eigenvalue weighted by molar-refractivity contribution is 5.27. The largest absolute Gasteiger partial charge is 0.508 e. The van der Waals surface area contributed by atoms with Crippen LogP contribution in [0.4, 0.5) is 0 Å². The summed E-state index contributed by atoms with van der Waals surface area (Å²) in [7, 11) is 0. The summed E-state index contributed by atoms with van der Waals surface area (Å²) in [5, 5.41) is 9.28. The zero-order chi connectivity index (χ0) is 12.5. The van der Waals surface area contributed by atoms with E-state index in [0.29, 0.717) is 11.7 Å². The highest BCUT2D eigenvalue weighted by Gasteiger charge is 2.36. The minimum Gasteiger partial charge on any atom is -0.508 e. The second-order valence-corrected chi connectivity index (χ2v) is 5.86. The van der Waals surface area contributed by atoms with Gasteiger partial charge in [0.05, 0.1) is 0 Å². The van der Waals surface area contributed by atoms with Crippen LogP contribution >= 0.6 is 0 Å². The van der Waals surface area contributed by atoms with Crippen molar-refractivity contribution in [3.05, 3.63) is 29.8 Å². The lowest BCUT2D eigenvalue weighted by Crippen LogP contribution is -2.51. The molecular weight excluding hydrogens is 210 g/mol. The number of hydrogen-bond donors (Lipinski definition) is 2. The third kappa shape index (κ3) is 2.81. The Morgan fingerprint density at radius 1 is 1.29 bits per heavy atom. The molecule has 0 amide bonds. The van der Waals surface area contributed by atoms with E-state index in [9.17, 15) is 5.11 Å². The predicted octanol–water partition coefficient (Wildman–Crippen LogP) is 3.09. The minimum atomic E-state index is -0.0660. The van der Waals surface area contributed by atoms with Crippen molar-refractivity contribution in [2.45, 2.75) is 45.1 Å². The molecule has 0 radical (unpaired) electrons. The highest BCUT2D eigenvalue weighted by Crippen LogP contribution is 2.37. The summed E-state index contributed by atoms with van der Waals surface area (Å²) >= 11 is 0. The van der Waals surface area contributed by atoms with Gasteiger partial charge in [0.2, 0.25) is 0 Å².